The highest BCUT2D eigenvalue weighted by molar-refractivity contribution is 5.81. The molecule has 1 aliphatic heterocycles. The first-order valence-corrected chi connectivity index (χ1v) is 6.80. The van der Waals surface area contributed by atoms with Crippen LogP contribution in [0.4, 0.5) is 13.2 Å². The molecule has 2 N–H and O–H groups in total. The molecule has 0 aromatic heterocycles. The summed E-state index contributed by atoms with van der Waals surface area (Å²) in [4.78, 5) is 11.7. The molecule has 0 aliphatic carbocycles. The quantitative estimate of drug-likeness (QED) is 0.897. The van der Waals surface area contributed by atoms with Crippen LogP contribution in [-0.2, 0) is 11.3 Å². The van der Waals surface area contributed by atoms with Gasteiger partial charge < -0.3 is 15.4 Å². The van der Waals surface area contributed by atoms with Crippen LogP contribution in [0.15, 0.2) is 24.3 Å². The molecule has 1 unspecified atom stereocenters. The molecule has 1 atom stereocenters. The second-order valence-electron chi connectivity index (χ2n) is 4.91. The van der Waals surface area contributed by atoms with E-state index in [0.29, 0.717) is 13.1 Å². The molecule has 1 saturated heterocycles. The van der Waals surface area contributed by atoms with Crippen molar-refractivity contribution < 1.29 is 22.7 Å². The van der Waals surface area contributed by atoms with Crippen molar-refractivity contribution in [3.63, 3.8) is 0 Å². The van der Waals surface area contributed by atoms with Gasteiger partial charge in [-0.1, -0.05) is 12.1 Å². The predicted molar refractivity (Wildman–Crippen MR) is 70.6 cm³/mol. The van der Waals surface area contributed by atoms with E-state index in [0.717, 1.165) is 24.8 Å². The van der Waals surface area contributed by atoms with Gasteiger partial charge in [-0.25, -0.2) is 0 Å². The number of alkyl halides is 3. The third kappa shape index (κ3) is 5.26. The molecule has 1 aromatic rings. The van der Waals surface area contributed by atoms with Gasteiger partial charge in [-0.3, -0.25) is 4.79 Å². The molecular weight excluding hydrogens is 285 g/mol. The lowest BCUT2D eigenvalue weighted by Gasteiger charge is -2.15. The Hall–Kier alpha value is -1.76. The lowest BCUT2D eigenvalue weighted by Crippen LogP contribution is -2.42. The maximum atomic E-state index is 12.0. The topological polar surface area (TPSA) is 50.4 Å². The van der Waals surface area contributed by atoms with Crippen LogP contribution in [0.25, 0.3) is 0 Å². The summed E-state index contributed by atoms with van der Waals surface area (Å²) < 4.78 is 39.9. The number of benzene rings is 1. The molecule has 0 bridgehead atoms. The second kappa shape index (κ2) is 6.80. The highest BCUT2D eigenvalue weighted by atomic mass is 19.4. The summed E-state index contributed by atoms with van der Waals surface area (Å²) in [6, 6.07) is 5.36. The van der Waals surface area contributed by atoms with Crippen LogP contribution in [0.2, 0.25) is 0 Å². The Morgan fingerprint density at radius 2 is 1.95 bits per heavy atom. The molecule has 0 saturated carbocycles. The number of amides is 1. The molecule has 4 nitrogen and oxygen atoms in total. The van der Waals surface area contributed by atoms with Gasteiger partial charge in [-0.2, -0.15) is 0 Å². The molecule has 21 heavy (non-hydrogen) atoms. The van der Waals surface area contributed by atoms with Crippen LogP contribution in [0, 0.1) is 0 Å². The van der Waals surface area contributed by atoms with Crippen molar-refractivity contribution in [2.45, 2.75) is 38.2 Å². The first kappa shape index (κ1) is 15.6. The van der Waals surface area contributed by atoms with Gasteiger partial charge >= 0.3 is 6.36 Å². The van der Waals surface area contributed by atoms with Crippen LogP contribution in [0.3, 0.4) is 0 Å². The van der Waals surface area contributed by atoms with Crippen molar-refractivity contribution in [3.05, 3.63) is 29.8 Å². The molecule has 1 fully saturated rings. The van der Waals surface area contributed by atoms with Gasteiger partial charge in [0.15, 0.2) is 0 Å². The Morgan fingerprint density at radius 3 is 2.62 bits per heavy atom. The normalized spacial score (nSPS) is 19.8. The summed E-state index contributed by atoms with van der Waals surface area (Å²) >= 11 is 0. The number of carbonyl (C=O) groups excluding carboxylic acids is 1. The van der Waals surface area contributed by atoms with Gasteiger partial charge in [0.2, 0.25) is 5.91 Å². The zero-order valence-electron chi connectivity index (χ0n) is 11.4. The lowest BCUT2D eigenvalue weighted by atomic mass is 10.1. The molecule has 2 rings (SSSR count). The second-order valence-corrected chi connectivity index (χ2v) is 4.91. The third-order valence-electron chi connectivity index (χ3n) is 3.24. The first-order chi connectivity index (χ1) is 9.94. The molecule has 7 heteroatoms. The highest BCUT2D eigenvalue weighted by Gasteiger charge is 2.30. The van der Waals surface area contributed by atoms with Crippen LogP contribution in [0.1, 0.15) is 24.8 Å². The number of nitrogens with one attached hydrogen (secondary N) is 2. The van der Waals surface area contributed by atoms with E-state index in [1.165, 1.54) is 12.1 Å². The summed E-state index contributed by atoms with van der Waals surface area (Å²) in [7, 11) is 0. The zero-order valence-corrected chi connectivity index (χ0v) is 11.4. The maximum absolute atomic E-state index is 12.0. The van der Waals surface area contributed by atoms with E-state index in [-0.39, 0.29) is 17.7 Å². The van der Waals surface area contributed by atoms with Gasteiger partial charge in [0.25, 0.3) is 0 Å². The minimum absolute atomic E-state index is 0.0236. The Labute approximate surface area is 120 Å². The van der Waals surface area contributed by atoms with E-state index in [1.54, 1.807) is 12.1 Å². The fraction of sp³-hybridized carbons (Fsp3) is 0.500. The fourth-order valence-electron chi connectivity index (χ4n) is 2.18. The monoisotopic (exact) mass is 302 g/mol. The number of ether oxygens (including phenoxy) is 1. The summed E-state index contributed by atoms with van der Waals surface area (Å²) in [5.74, 6) is -0.275. The van der Waals surface area contributed by atoms with Crippen LogP contribution in [-0.4, -0.2) is 24.9 Å². The van der Waals surface area contributed by atoms with Crippen molar-refractivity contribution in [1.29, 1.82) is 0 Å². The molecule has 1 heterocycles. The largest absolute Gasteiger partial charge is 0.573 e. The summed E-state index contributed by atoms with van der Waals surface area (Å²) in [5, 5.41) is 5.94. The Balaban J connectivity index is 1.87. The third-order valence-corrected chi connectivity index (χ3v) is 3.24. The van der Waals surface area contributed by atoms with Crippen molar-refractivity contribution in [2.24, 2.45) is 0 Å². The van der Waals surface area contributed by atoms with Gasteiger partial charge in [-0.15, -0.1) is 13.2 Å². The van der Waals surface area contributed by atoms with Gasteiger partial charge in [-0.05, 0) is 37.0 Å². The molecule has 0 spiro atoms. The molecule has 1 amide bonds. The molecule has 1 aliphatic rings. The van der Waals surface area contributed by atoms with Gasteiger partial charge in [0, 0.05) is 13.1 Å². The highest BCUT2D eigenvalue weighted by Crippen LogP contribution is 2.22. The number of rotatable bonds is 4. The zero-order chi connectivity index (χ0) is 15.3. The summed E-state index contributed by atoms with van der Waals surface area (Å²) in [6.45, 7) is 1.12. The molecule has 1 aromatic carbocycles. The van der Waals surface area contributed by atoms with Crippen LogP contribution in [0.5, 0.6) is 5.75 Å². The lowest BCUT2D eigenvalue weighted by molar-refractivity contribution is -0.274. The van der Waals surface area contributed by atoms with Crippen molar-refractivity contribution in [1.82, 2.24) is 10.6 Å². The Kier molecular flexibility index (Phi) is 5.06. The Bertz CT molecular complexity index is 474. The summed E-state index contributed by atoms with van der Waals surface area (Å²) in [6.07, 6.45) is -1.98. The number of hydrogen-bond acceptors (Lipinski definition) is 3. The molecule has 0 radical (unpaired) electrons. The first-order valence-electron chi connectivity index (χ1n) is 6.80. The van der Waals surface area contributed by atoms with Gasteiger partial charge in [0.1, 0.15) is 5.75 Å². The molecule has 116 valence electrons. The average Bonchev–Trinajstić information content (AvgIpc) is 2.61. The fourth-order valence-corrected chi connectivity index (χ4v) is 2.18. The van der Waals surface area contributed by atoms with E-state index in [4.69, 9.17) is 0 Å². The van der Waals surface area contributed by atoms with E-state index in [2.05, 4.69) is 15.4 Å². The maximum Gasteiger partial charge on any atom is 0.573 e. The van der Waals surface area contributed by atoms with Crippen molar-refractivity contribution in [3.8, 4) is 5.75 Å². The van der Waals surface area contributed by atoms with Gasteiger partial charge in [0.05, 0.1) is 6.04 Å². The van der Waals surface area contributed by atoms with E-state index >= 15 is 0 Å². The summed E-state index contributed by atoms with van der Waals surface area (Å²) in [5.41, 5.74) is 0.793. The van der Waals surface area contributed by atoms with Crippen molar-refractivity contribution >= 4 is 5.91 Å². The number of carbonyl (C=O) groups is 1. The smallest absolute Gasteiger partial charge is 0.406 e. The molecular formula is C14H17F3N2O2. The predicted octanol–water partition coefficient (Wildman–Crippen LogP) is 2.34. The average molecular weight is 302 g/mol. The van der Waals surface area contributed by atoms with Crippen molar-refractivity contribution in [2.75, 3.05) is 6.54 Å². The van der Waals surface area contributed by atoms with Crippen LogP contribution < -0.4 is 15.4 Å². The van der Waals surface area contributed by atoms with Crippen LogP contribution >= 0.6 is 0 Å². The minimum atomic E-state index is -4.68. The standard InChI is InChI=1S/C14H17F3N2O2/c15-14(16,17)21-11-6-4-10(5-7-11)9-19-12-3-1-2-8-18-13(12)20/h4-7,12,19H,1-3,8-9H2,(H,18,20). The van der Waals surface area contributed by atoms with E-state index in [1.807, 2.05) is 0 Å². The number of halogens is 3. The minimum Gasteiger partial charge on any atom is -0.406 e. The number of hydrogen-bond donors (Lipinski definition) is 2. The Morgan fingerprint density at radius 1 is 1.24 bits per heavy atom. The SMILES string of the molecule is O=C1NCCCCC1NCc1ccc(OC(F)(F)F)cc1. The van der Waals surface area contributed by atoms with E-state index < -0.39 is 6.36 Å². The van der Waals surface area contributed by atoms with E-state index in [9.17, 15) is 18.0 Å².